The molecule has 104 valence electrons. The molecule has 0 aliphatic rings. The maximum atomic E-state index is 11.8. The Kier molecular flexibility index (Phi) is 5.30. The van der Waals surface area contributed by atoms with E-state index in [4.69, 9.17) is 5.11 Å². The predicted molar refractivity (Wildman–Crippen MR) is 84.4 cm³/mol. The molecule has 0 bridgehead atoms. The number of ketones is 1. The molecule has 0 aliphatic heterocycles. The highest BCUT2D eigenvalue weighted by Crippen LogP contribution is 2.08. The first-order chi connectivity index (χ1) is 10.3. The molecule has 2 nitrogen and oxygen atoms in total. The Morgan fingerprint density at radius 2 is 0.905 bits per heavy atom. The van der Waals surface area contributed by atoms with Gasteiger partial charge in [0.2, 0.25) is 0 Å². The van der Waals surface area contributed by atoms with E-state index in [9.17, 15) is 4.79 Å². The lowest BCUT2D eigenvalue weighted by molar-refractivity contribution is 0.103. The first-order valence-electron chi connectivity index (χ1n) is 6.66. The van der Waals surface area contributed by atoms with Crippen LogP contribution in [-0.2, 0) is 0 Å². The maximum Gasteiger partial charge on any atom is 0.193 e. The smallest absolute Gasteiger partial charge is 0.193 e. The zero-order chi connectivity index (χ0) is 14.9. The number of para-hydroxylation sites is 1. The maximum absolute atomic E-state index is 11.8. The summed E-state index contributed by atoms with van der Waals surface area (Å²) in [4.78, 5) is 11.8. The summed E-state index contributed by atoms with van der Waals surface area (Å²) in [6.07, 6.45) is 0. The fourth-order valence-corrected chi connectivity index (χ4v) is 1.77. The fraction of sp³-hybridized carbons (Fsp3) is 0. The third-order valence-electron chi connectivity index (χ3n) is 2.83. The SMILES string of the molecule is O=C(c1ccccc1)c1ccccc1.Oc1ccccc1. The van der Waals surface area contributed by atoms with Gasteiger partial charge in [-0.3, -0.25) is 4.79 Å². The summed E-state index contributed by atoms with van der Waals surface area (Å²) in [5.74, 6) is 0.397. The minimum absolute atomic E-state index is 0.0752. The Balaban J connectivity index is 0.000000194. The number of benzene rings is 3. The molecule has 0 radical (unpaired) electrons. The van der Waals surface area contributed by atoms with Crippen LogP contribution < -0.4 is 0 Å². The van der Waals surface area contributed by atoms with Crippen LogP contribution in [0.1, 0.15) is 15.9 Å². The molecule has 3 rings (SSSR count). The summed E-state index contributed by atoms with van der Waals surface area (Å²) in [7, 11) is 0. The molecular weight excluding hydrogens is 260 g/mol. The topological polar surface area (TPSA) is 37.3 Å². The Hall–Kier alpha value is -2.87. The lowest BCUT2D eigenvalue weighted by atomic mass is 10.0. The van der Waals surface area contributed by atoms with E-state index in [0.717, 1.165) is 11.1 Å². The van der Waals surface area contributed by atoms with Gasteiger partial charge in [-0.2, -0.15) is 0 Å². The van der Waals surface area contributed by atoms with E-state index in [0.29, 0.717) is 5.75 Å². The standard InChI is InChI=1S/C13H10O.C6H6O/c14-13(11-7-3-1-4-8-11)12-9-5-2-6-10-12;7-6-4-2-1-3-5-6/h1-10H;1-5,7H. The lowest BCUT2D eigenvalue weighted by Crippen LogP contribution is -1.99. The molecule has 0 aliphatic carbocycles. The van der Waals surface area contributed by atoms with Crippen LogP contribution in [0.2, 0.25) is 0 Å². The minimum Gasteiger partial charge on any atom is -0.508 e. The molecule has 1 N–H and O–H groups in total. The highest BCUT2D eigenvalue weighted by molar-refractivity contribution is 6.08. The Bertz CT molecular complexity index is 620. The van der Waals surface area contributed by atoms with E-state index in [1.807, 2.05) is 66.7 Å². The van der Waals surface area contributed by atoms with Gasteiger partial charge >= 0.3 is 0 Å². The number of aromatic hydroxyl groups is 1. The molecule has 0 saturated heterocycles. The van der Waals surface area contributed by atoms with Crippen LogP contribution in [0.3, 0.4) is 0 Å². The average Bonchev–Trinajstić information content (AvgIpc) is 2.57. The quantitative estimate of drug-likeness (QED) is 0.708. The van der Waals surface area contributed by atoms with Crippen LogP contribution in [0.5, 0.6) is 5.75 Å². The first-order valence-corrected chi connectivity index (χ1v) is 6.66. The molecule has 0 heterocycles. The second kappa shape index (κ2) is 7.65. The summed E-state index contributed by atoms with van der Waals surface area (Å²) in [6, 6.07) is 27.3. The fourth-order valence-electron chi connectivity index (χ4n) is 1.77. The molecule has 21 heavy (non-hydrogen) atoms. The van der Waals surface area contributed by atoms with Crippen molar-refractivity contribution in [1.82, 2.24) is 0 Å². The molecule has 0 spiro atoms. The summed E-state index contributed by atoms with van der Waals surface area (Å²) in [5.41, 5.74) is 1.47. The molecule has 2 heteroatoms. The van der Waals surface area contributed by atoms with Crippen LogP contribution in [0.15, 0.2) is 91.0 Å². The average molecular weight is 276 g/mol. The number of phenolic OH excluding ortho intramolecular Hbond substituents is 1. The van der Waals surface area contributed by atoms with Gasteiger partial charge < -0.3 is 5.11 Å². The van der Waals surface area contributed by atoms with E-state index in [2.05, 4.69) is 0 Å². The van der Waals surface area contributed by atoms with Crippen LogP contribution in [0.25, 0.3) is 0 Å². The molecule has 0 amide bonds. The van der Waals surface area contributed by atoms with Crippen molar-refractivity contribution in [2.24, 2.45) is 0 Å². The zero-order valence-corrected chi connectivity index (χ0v) is 11.5. The highest BCUT2D eigenvalue weighted by atomic mass is 16.3. The van der Waals surface area contributed by atoms with Crippen molar-refractivity contribution in [1.29, 1.82) is 0 Å². The molecular formula is C19H16O2. The Morgan fingerprint density at radius 3 is 1.19 bits per heavy atom. The van der Waals surface area contributed by atoms with Crippen molar-refractivity contribution in [2.45, 2.75) is 0 Å². The van der Waals surface area contributed by atoms with Gasteiger partial charge in [0.05, 0.1) is 0 Å². The molecule has 0 unspecified atom stereocenters. The van der Waals surface area contributed by atoms with Gasteiger partial charge in [0, 0.05) is 11.1 Å². The number of carbonyl (C=O) groups is 1. The van der Waals surface area contributed by atoms with Crippen LogP contribution >= 0.6 is 0 Å². The number of rotatable bonds is 2. The monoisotopic (exact) mass is 276 g/mol. The van der Waals surface area contributed by atoms with Gasteiger partial charge in [-0.05, 0) is 12.1 Å². The normalized spacial score (nSPS) is 9.33. The molecule has 0 atom stereocenters. The van der Waals surface area contributed by atoms with Gasteiger partial charge in [-0.15, -0.1) is 0 Å². The van der Waals surface area contributed by atoms with Crippen molar-refractivity contribution in [3.05, 3.63) is 102 Å². The third-order valence-corrected chi connectivity index (χ3v) is 2.83. The van der Waals surface area contributed by atoms with Gasteiger partial charge in [-0.25, -0.2) is 0 Å². The first kappa shape index (κ1) is 14.5. The number of hydrogen-bond acceptors (Lipinski definition) is 2. The molecule has 3 aromatic rings. The second-order valence-corrected chi connectivity index (χ2v) is 4.40. The predicted octanol–water partition coefficient (Wildman–Crippen LogP) is 4.31. The Morgan fingerprint density at radius 1 is 0.571 bits per heavy atom. The van der Waals surface area contributed by atoms with E-state index in [1.54, 1.807) is 24.3 Å². The van der Waals surface area contributed by atoms with Gasteiger partial charge in [0.1, 0.15) is 5.75 Å². The number of hydrogen-bond donors (Lipinski definition) is 1. The van der Waals surface area contributed by atoms with E-state index in [1.165, 1.54) is 0 Å². The molecule has 3 aromatic carbocycles. The van der Waals surface area contributed by atoms with Crippen molar-refractivity contribution in [3.63, 3.8) is 0 Å². The Labute approximate surface area is 124 Å². The minimum atomic E-state index is 0.0752. The van der Waals surface area contributed by atoms with Crippen LogP contribution in [0, 0.1) is 0 Å². The van der Waals surface area contributed by atoms with Crippen LogP contribution in [0.4, 0.5) is 0 Å². The van der Waals surface area contributed by atoms with Gasteiger partial charge in [0.25, 0.3) is 0 Å². The third kappa shape index (κ3) is 4.62. The lowest BCUT2D eigenvalue weighted by Gasteiger charge is -1.99. The second-order valence-electron chi connectivity index (χ2n) is 4.40. The van der Waals surface area contributed by atoms with Crippen LogP contribution in [-0.4, -0.2) is 10.9 Å². The summed E-state index contributed by atoms with van der Waals surface area (Å²) in [5, 5.41) is 8.63. The van der Waals surface area contributed by atoms with E-state index in [-0.39, 0.29) is 5.78 Å². The number of phenols is 1. The zero-order valence-electron chi connectivity index (χ0n) is 11.5. The van der Waals surface area contributed by atoms with Crippen molar-refractivity contribution >= 4 is 5.78 Å². The van der Waals surface area contributed by atoms with E-state index < -0.39 is 0 Å². The summed E-state index contributed by atoms with van der Waals surface area (Å²) < 4.78 is 0. The van der Waals surface area contributed by atoms with E-state index >= 15 is 0 Å². The summed E-state index contributed by atoms with van der Waals surface area (Å²) in [6.45, 7) is 0. The molecule has 0 saturated carbocycles. The van der Waals surface area contributed by atoms with Crippen molar-refractivity contribution in [3.8, 4) is 5.75 Å². The highest BCUT2D eigenvalue weighted by Gasteiger charge is 2.06. The largest absolute Gasteiger partial charge is 0.508 e. The molecule has 0 fully saturated rings. The number of carbonyl (C=O) groups excluding carboxylic acids is 1. The van der Waals surface area contributed by atoms with Gasteiger partial charge in [0.15, 0.2) is 5.78 Å². The molecule has 0 aromatic heterocycles. The van der Waals surface area contributed by atoms with Crippen molar-refractivity contribution in [2.75, 3.05) is 0 Å². The van der Waals surface area contributed by atoms with Crippen molar-refractivity contribution < 1.29 is 9.90 Å². The summed E-state index contributed by atoms with van der Waals surface area (Å²) >= 11 is 0. The van der Waals surface area contributed by atoms with Gasteiger partial charge in [-0.1, -0.05) is 78.9 Å².